The lowest BCUT2D eigenvalue weighted by atomic mass is 10.4. The fourth-order valence-electron chi connectivity index (χ4n) is 1.20. The van der Waals surface area contributed by atoms with E-state index in [1.165, 1.54) is 14.2 Å². The van der Waals surface area contributed by atoms with Gasteiger partial charge in [0.15, 0.2) is 0 Å². The van der Waals surface area contributed by atoms with E-state index in [9.17, 15) is 0 Å². The lowest BCUT2D eigenvalue weighted by molar-refractivity contribution is 0.317. The molecule has 0 aromatic carbocycles. The molecule has 0 aliphatic heterocycles. The van der Waals surface area contributed by atoms with Crippen molar-refractivity contribution < 1.29 is 14.7 Å². The zero-order valence-electron chi connectivity index (χ0n) is 10.6. The molecule has 0 atom stereocenters. The van der Waals surface area contributed by atoms with Crippen molar-refractivity contribution in [1.29, 1.82) is 0 Å². The highest BCUT2D eigenvalue weighted by molar-refractivity contribution is 5.80. The van der Waals surface area contributed by atoms with E-state index >= 15 is 0 Å². The zero-order chi connectivity index (χ0) is 13.5. The summed E-state index contributed by atoms with van der Waals surface area (Å²) in [6.07, 6.45) is 0.399. The van der Waals surface area contributed by atoms with Crippen LogP contribution in [0, 0.1) is 0 Å². The van der Waals surface area contributed by atoms with Gasteiger partial charge in [0.2, 0.25) is 17.7 Å². The Morgan fingerprint density at radius 2 is 1.94 bits per heavy atom. The summed E-state index contributed by atoms with van der Waals surface area (Å²) >= 11 is 0. The highest BCUT2D eigenvalue weighted by Gasteiger charge is 2.10. The molecule has 100 valence electrons. The number of amidine groups is 1. The Kier molecular flexibility index (Phi) is 4.97. The second-order valence-electron chi connectivity index (χ2n) is 3.52. The second-order valence-corrected chi connectivity index (χ2v) is 3.52. The van der Waals surface area contributed by atoms with Crippen molar-refractivity contribution >= 4 is 11.8 Å². The van der Waals surface area contributed by atoms with Crippen LogP contribution in [-0.2, 0) is 0 Å². The summed E-state index contributed by atoms with van der Waals surface area (Å²) in [4.78, 5) is 10.1. The van der Waals surface area contributed by atoms with E-state index in [1.54, 1.807) is 18.0 Å². The molecule has 8 heteroatoms. The molecule has 3 N–H and O–H groups in total. The van der Waals surface area contributed by atoms with Crippen molar-refractivity contribution in [3.05, 3.63) is 6.07 Å². The van der Waals surface area contributed by atoms with Gasteiger partial charge in [0.1, 0.15) is 5.84 Å². The lowest BCUT2D eigenvalue weighted by Crippen LogP contribution is -2.26. The summed E-state index contributed by atoms with van der Waals surface area (Å²) in [5.41, 5.74) is 5.39. The first-order chi connectivity index (χ1) is 8.60. The molecule has 0 bridgehead atoms. The molecule has 0 saturated heterocycles. The molecular formula is C10H17N5O3. The molecule has 0 aliphatic rings. The van der Waals surface area contributed by atoms with E-state index in [2.05, 4.69) is 15.1 Å². The third-order valence-electron chi connectivity index (χ3n) is 2.26. The number of anilines is 1. The quantitative estimate of drug-likeness (QED) is 0.320. The number of hydrogen-bond acceptors (Lipinski definition) is 7. The summed E-state index contributed by atoms with van der Waals surface area (Å²) < 4.78 is 10.1. The van der Waals surface area contributed by atoms with Gasteiger partial charge in [0.05, 0.1) is 20.3 Å². The Hall–Kier alpha value is -2.25. The highest BCUT2D eigenvalue weighted by atomic mass is 16.5. The van der Waals surface area contributed by atoms with Crippen LogP contribution in [0.5, 0.6) is 11.8 Å². The number of ether oxygens (including phenoxy) is 2. The summed E-state index contributed by atoms with van der Waals surface area (Å²) in [6.45, 7) is 0.506. The molecule has 0 unspecified atom stereocenters. The van der Waals surface area contributed by atoms with Gasteiger partial charge in [-0.05, 0) is 0 Å². The minimum Gasteiger partial charge on any atom is -0.481 e. The third-order valence-corrected chi connectivity index (χ3v) is 2.26. The number of nitrogens with two attached hydrogens (primary N) is 1. The summed E-state index contributed by atoms with van der Waals surface area (Å²) in [5, 5.41) is 11.4. The van der Waals surface area contributed by atoms with Gasteiger partial charge in [-0.1, -0.05) is 5.16 Å². The van der Waals surface area contributed by atoms with Crippen LogP contribution in [0.15, 0.2) is 11.2 Å². The summed E-state index contributed by atoms with van der Waals surface area (Å²) in [6, 6.07) is 1.58. The fraction of sp³-hybridized carbons (Fsp3) is 0.500. The Morgan fingerprint density at radius 1 is 1.39 bits per heavy atom. The van der Waals surface area contributed by atoms with E-state index in [0.717, 1.165) is 0 Å². The van der Waals surface area contributed by atoms with Crippen molar-refractivity contribution in [2.75, 3.05) is 32.7 Å². The molecule has 1 rings (SSSR count). The van der Waals surface area contributed by atoms with Crippen LogP contribution in [0.25, 0.3) is 0 Å². The van der Waals surface area contributed by atoms with Crippen LogP contribution in [0.2, 0.25) is 0 Å². The van der Waals surface area contributed by atoms with Gasteiger partial charge in [0, 0.05) is 20.0 Å². The van der Waals surface area contributed by atoms with E-state index in [4.69, 9.17) is 20.4 Å². The van der Waals surface area contributed by atoms with Crippen LogP contribution in [0.1, 0.15) is 6.42 Å². The lowest BCUT2D eigenvalue weighted by Gasteiger charge is -2.17. The monoisotopic (exact) mass is 255 g/mol. The molecule has 0 saturated carbocycles. The molecule has 0 amide bonds. The normalized spacial score (nSPS) is 11.2. The van der Waals surface area contributed by atoms with Gasteiger partial charge in [-0.15, -0.1) is 0 Å². The van der Waals surface area contributed by atoms with Gasteiger partial charge in [0.25, 0.3) is 0 Å². The average Bonchev–Trinajstić information content (AvgIpc) is 2.43. The molecular weight excluding hydrogens is 238 g/mol. The number of methoxy groups -OCH3 is 2. The van der Waals surface area contributed by atoms with Crippen molar-refractivity contribution in [3.8, 4) is 11.8 Å². The predicted molar refractivity (Wildman–Crippen MR) is 66.4 cm³/mol. The van der Waals surface area contributed by atoms with E-state index in [1.807, 2.05) is 0 Å². The van der Waals surface area contributed by atoms with Gasteiger partial charge < -0.3 is 25.3 Å². The minimum absolute atomic E-state index is 0.150. The maximum Gasteiger partial charge on any atom is 0.231 e. The maximum atomic E-state index is 8.46. The highest BCUT2D eigenvalue weighted by Crippen LogP contribution is 2.19. The number of nitrogens with zero attached hydrogens (tertiary/aromatic N) is 4. The third kappa shape index (κ3) is 3.65. The molecule has 0 aliphatic carbocycles. The Bertz CT molecular complexity index is 402. The maximum absolute atomic E-state index is 8.46. The average molecular weight is 255 g/mol. The number of hydrogen-bond donors (Lipinski definition) is 2. The fourth-order valence-corrected chi connectivity index (χ4v) is 1.20. The molecule has 0 spiro atoms. The number of rotatable bonds is 6. The van der Waals surface area contributed by atoms with Crippen LogP contribution in [0.4, 0.5) is 5.95 Å². The van der Waals surface area contributed by atoms with Gasteiger partial charge in [-0.3, -0.25) is 0 Å². The molecule has 1 heterocycles. The number of oxime groups is 1. The molecule has 1 aromatic heterocycles. The van der Waals surface area contributed by atoms with Crippen molar-refractivity contribution in [2.24, 2.45) is 10.9 Å². The van der Waals surface area contributed by atoms with E-state index in [-0.39, 0.29) is 5.84 Å². The number of aromatic nitrogens is 2. The minimum atomic E-state index is 0.150. The first-order valence-corrected chi connectivity index (χ1v) is 5.25. The molecule has 1 aromatic rings. The Morgan fingerprint density at radius 3 is 2.39 bits per heavy atom. The summed E-state index contributed by atoms with van der Waals surface area (Å²) in [7, 11) is 4.82. The smallest absolute Gasteiger partial charge is 0.231 e. The molecule has 0 radical (unpaired) electrons. The van der Waals surface area contributed by atoms with Crippen LogP contribution < -0.4 is 20.1 Å². The molecule has 0 fully saturated rings. The van der Waals surface area contributed by atoms with Crippen molar-refractivity contribution in [2.45, 2.75) is 6.42 Å². The van der Waals surface area contributed by atoms with Crippen LogP contribution in [-0.4, -0.2) is 48.8 Å². The van der Waals surface area contributed by atoms with Crippen molar-refractivity contribution in [1.82, 2.24) is 9.97 Å². The first kappa shape index (κ1) is 13.8. The molecule has 18 heavy (non-hydrogen) atoms. The standard InChI is InChI=1S/C10H17N5O3/c1-15(5-4-7(11)14-16)10-12-8(17-2)6-9(13-10)18-3/h6,16H,4-5H2,1-3H3,(H2,11,14). The SMILES string of the molecule is COc1cc(OC)nc(N(C)CC/C(N)=N/O)n1. The topological polar surface area (TPSA) is 106 Å². The van der Waals surface area contributed by atoms with Crippen molar-refractivity contribution in [3.63, 3.8) is 0 Å². The predicted octanol–water partition coefficient (Wildman–Crippen LogP) is 0.0665. The van der Waals surface area contributed by atoms with E-state index < -0.39 is 0 Å². The Labute approximate surface area is 105 Å². The second kappa shape index (κ2) is 6.48. The van der Waals surface area contributed by atoms with Gasteiger partial charge in [-0.25, -0.2) is 0 Å². The molecule has 8 nitrogen and oxygen atoms in total. The van der Waals surface area contributed by atoms with Gasteiger partial charge in [-0.2, -0.15) is 9.97 Å². The van der Waals surface area contributed by atoms with E-state index in [0.29, 0.717) is 30.7 Å². The first-order valence-electron chi connectivity index (χ1n) is 5.25. The Balaban J connectivity index is 2.80. The summed E-state index contributed by atoms with van der Waals surface area (Å²) in [5.74, 6) is 1.41. The van der Waals surface area contributed by atoms with Gasteiger partial charge >= 0.3 is 0 Å². The van der Waals surface area contributed by atoms with Crippen LogP contribution >= 0.6 is 0 Å². The zero-order valence-corrected chi connectivity index (χ0v) is 10.6. The van der Waals surface area contributed by atoms with Crippen LogP contribution in [0.3, 0.4) is 0 Å². The largest absolute Gasteiger partial charge is 0.481 e.